The van der Waals surface area contributed by atoms with Gasteiger partial charge in [-0.05, 0) is 45.0 Å². The number of nitrogens with zero attached hydrogens (tertiary/aromatic N) is 3. The maximum atomic E-state index is 4.72. The highest BCUT2D eigenvalue weighted by atomic mass is 32.1. The van der Waals surface area contributed by atoms with Crippen molar-refractivity contribution in [1.29, 1.82) is 0 Å². The Morgan fingerprint density at radius 2 is 2.18 bits per heavy atom. The van der Waals surface area contributed by atoms with Gasteiger partial charge in [-0.2, -0.15) is 0 Å². The van der Waals surface area contributed by atoms with E-state index in [0.29, 0.717) is 6.04 Å². The summed E-state index contributed by atoms with van der Waals surface area (Å²) in [7, 11) is 4.40. The maximum absolute atomic E-state index is 4.72. The molecule has 6 heteroatoms. The third-order valence-corrected chi connectivity index (χ3v) is 5.19. The van der Waals surface area contributed by atoms with Crippen LogP contribution in [0.1, 0.15) is 17.4 Å². The SMILES string of the molecule is CCNC(=NCc1sccc1C)NCC1CN(C)CCN1C. The Bertz CT molecular complexity index is 485. The van der Waals surface area contributed by atoms with Crippen molar-refractivity contribution in [1.82, 2.24) is 20.4 Å². The van der Waals surface area contributed by atoms with E-state index in [1.807, 2.05) is 0 Å². The van der Waals surface area contributed by atoms with Gasteiger partial charge in [0.25, 0.3) is 0 Å². The van der Waals surface area contributed by atoms with Crippen molar-refractivity contribution in [3.05, 3.63) is 21.9 Å². The molecule has 2 rings (SSSR count). The lowest BCUT2D eigenvalue weighted by Crippen LogP contribution is -2.55. The fraction of sp³-hybridized carbons (Fsp3) is 0.688. The van der Waals surface area contributed by atoms with Gasteiger partial charge in [0.1, 0.15) is 0 Å². The molecule has 0 amide bonds. The molecule has 124 valence electrons. The van der Waals surface area contributed by atoms with Crippen LogP contribution in [0.2, 0.25) is 0 Å². The summed E-state index contributed by atoms with van der Waals surface area (Å²) in [6.07, 6.45) is 0. The van der Waals surface area contributed by atoms with E-state index in [1.165, 1.54) is 10.4 Å². The number of aliphatic imine (C=N–C) groups is 1. The first-order valence-electron chi connectivity index (χ1n) is 8.04. The highest BCUT2D eigenvalue weighted by Crippen LogP contribution is 2.16. The van der Waals surface area contributed by atoms with Crippen molar-refractivity contribution in [3.8, 4) is 0 Å². The summed E-state index contributed by atoms with van der Waals surface area (Å²) in [6, 6.07) is 2.69. The van der Waals surface area contributed by atoms with E-state index < -0.39 is 0 Å². The van der Waals surface area contributed by atoms with Gasteiger partial charge in [-0.25, -0.2) is 4.99 Å². The standard InChI is InChI=1S/C16H29N5S/c1-5-17-16(19-11-15-13(2)6-9-22-15)18-10-14-12-20(3)7-8-21(14)4/h6,9,14H,5,7-8,10-12H2,1-4H3,(H2,17,18,19). The second kappa shape index (κ2) is 8.50. The number of guanidine groups is 1. The molecule has 0 saturated carbocycles. The van der Waals surface area contributed by atoms with E-state index in [9.17, 15) is 0 Å². The minimum absolute atomic E-state index is 0.533. The summed E-state index contributed by atoms with van der Waals surface area (Å²) in [5.74, 6) is 0.914. The number of nitrogens with one attached hydrogen (secondary N) is 2. The van der Waals surface area contributed by atoms with Gasteiger partial charge in [0.05, 0.1) is 6.54 Å². The molecule has 0 radical (unpaired) electrons. The number of hydrogen-bond donors (Lipinski definition) is 2. The highest BCUT2D eigenvalue weighted by Gasteiger charge is 2.21. The molecule has 2 N–H and O–H groups in total. The second-order valence-electron chi connectivity index (χ2n) is 6.00. The van der Waals surface area contributed by atoms with Gasteiger partial charge >= 0.3 is 0 Å². The van der Waals surface area contributed by atoms with Gasteiger partial charge in [0.2, 0.25) is 0 Å². The average Bonchev–Trinajstić information content (AvgIpc) is 2.90. The minimum atomic E-state index is 0.533. The quantitative estimate of drug-likeness (QED) is 0.634. The summed E-state index contributed by atoms with van der Waals surface area (Å²) in [6.45, 7) is 10.2. The molecular formula is C16H29N5S. The van der Waals surface area contributed by atoms with Crippen molar-refractivity contribution in [2.45, 2.75) is 26.4 Å². The Kier molecular flexibility index (Phi) is 6.67. The Labute approximate surface area is 138 Å². The van der Waals surface area contributed by atoms with Crippen molar-refractivity contribution in [3.63, 3.8) is 0 Å². The van der Waals surface area contributed by atoms with E-state index in [0.717, 1.165) is 45.2 Å². The largest absolute Gasteiger partial charge is 0.357 e. The molecule has 1 aliphatic rings. The van der Waals surface area contributed by atoms with Crippen LogP contribution in [0, 0.1) is 6.92 Å². The topological polar surface area (TPSA) is 42.9 Å². The molecule has 1 aromatic heterocycles. The molecule has 0 aromatic carbocycles. The predicted octanol–water partition coefficient (Wildman–Crippen LogP) is 1.36. The van der Waals surface area contributed by atoms with Crippen molar-refractivity contribution < 1.29 is 0 Å². The predicted molar refractivity (Wildman–Crippen MR) is 95.8 cm³/mol. The Morgan fingerprint density at radius 1 is 1.36 bits per heavy atom. The van der Waals surface area contributed by atoms with E-state index in [2.05, 4.69) is 59.8 Å². The normalized spacial score (nSPS) is 21.1. The first kappa shape index (κ1) is 17.2. The van der Waals surface area contributed by atoms with Crippen molar-refractivity contribution >= 4 is 17.3 Å². The molecule has 2 heterocycles. The Hall–Kier alpha value is -1.11. The van der Waals surface area contributed by atoms with Crippen LogP contribution in [0.25, 0.3) is 0 Å². The van der Waals surface area contributed by atoms with Gasteiger partial charge in [0, 0.05) is 43.6 Å². The zero-order valence-electron chi connectivity index (χ0n) is 14.2. The molecule has 22 heavy (non-hydrogen) atoms. The van der Waals surface area contributed by atoms with Crippen molar-refractivity contribution in [2.24, 2.45) is 4.99 Å². The van der Waals surface area contributed by atoms with E-state index in [4.69, 9.17) is 4.99 Å². The van der Waals surface area contributed by atoms with E-state index in [-0.39, 0.29) is 0 Å². The zero-order chi connectivity index (χ0) is 15.9. The van der Waals surface area contributed by atoms with Crippen LogP contribution >= 0.6 is 11.3 Å². The van der Waals surface area contributed by atoms with Crippen molar-refractivity contribution in [2.75, 3.05) is 46.8 Å². The fourth-order valence-corrected chi connectivity index (χ4v) is 3.42. The molecule has 1 atom stereocenters. The lowest BCUT2D eigenvalue weighted by atomic mass is 10.2. The molecule has 1 saturated heterocycles. The highest BCUT2D eigenvalue weighted by molar-refractivity contribution is 7.10. The van der Waals surface area contributed by atoms with Gasteiger partial charge in [0.15, 0.2) is 5.96 Å². The smallest absolute Gasteiger partial charge is 0.191 e. The first-order chi connectivity index (χ1) is 10.6. The monoisotopic (exact) mass is 323 g/mol. The second-order valence-corrected chi connectivity index (χ2v) is 7.00. The lowest BCUT2D eigenvalue weighted by Gasteiger charge is -2.37. The number of rotatable bonds is 5. The third kappa shape index (κ3) is 4.97. The summed E-state index contributed by atoms with van der Waals surface area (Å²) >= 11 is 1.78. The van der Waals surface area contributed by atoms with Gasteiger partial charge < -0.3 is 15.5 Å². The first-order valence-corrected chi connectivity index (χ1v) is 8.92. The van der Waals surface area contributed by atoms with E-state index in [1.54, 1.807) is 11.3 Å². The van der Waals surface area contributed by atoms with Gasteiger partial charge in [-0.15, -0.1) is 11.3 Å². The zero-order valence-corrected chi connectivity index (χ0v) is 15.0. The maximum Gasteiger partial charge on any atom is 0.191 e. The molecule has 0 bridgehead atoms. The Balaban J connectivity index is 1.89. The molecule has 1 unspecified atom stereocenters. The third-order valence-electron chi connectivity index (χ3n) is 4.18. The van der Waals surface area contributed by atoms with Crippen LogP contribution in [-0.4, -0.2) is 68.6 Å². The number of hydrogen-bond acceptors (Lipinski definition) is 4. The molecular weight excluding hydrogens is 294 g/mol. The molecule has 0 spiro atoms. The molecule has 0 aliphatic carbocycles. The van der Waals surface area contributed by atoms with E-state index >= 15 is 0 Å². The number of thiophene rings is 1. The van der Waals surface area contributed by atoms with Crippen LogP contribution in [0.15, 0.2) is 16.4 Å². The van der Waals surface area contributed by atoms with Crippen LogP contribution in [0.3, 0.4) is 0 Å². The average molecular weight is 324 g/mol. The number of likely N-dealkylation sites (N-methyl/N-ethyl adjacent to an activating group) is 2. The summed E-state index contributed by atoms with van der Waals surface area (Å²) < 4.78 is 0. The van der Waals surface area contributed by atoms with Gasteiger partial charge in [-0.3, -0.25) is 4.90 Å². The summed E-state index contributed by atoms with van der Waals surface area (Å²) in [5.41, 5.74) is 1.33. The van der Waals surface area contributed by atoms with Crippen LogP contribution in [0.4, 0.5) is 0 Å². The molecule has 1 fully saturated rings. The van der Waals surface area contributed by atoms with Crippen LogP contribution < -0.4 is 10.6 Å². The number of piperazine rings is 1. The van der Waals surface area contributed by atoms with Crippen LogP contribution in [-0.2, 0) is 6.54 Å². The fourth-order valence-electron chi connectivity index (χ4n) is 2.60. The lowest BCUT2D eigenvalue weighted by molar-refractivity contribution is 0.116. The number of aryl methyl sites for hydroxylation is 1. The Morgan fingerprint density at radius 3 is 2.86 bits per heavy atom. The molecule has 1 aliphatic heterocycles. The summed E-state index contributed by atoms with van der Waals surface area (Å²) in [4.78, 5) is 10.9. The minimum Gasteiger partial charge on any atom is -0.357 e. The van der Waals surface area contributed by atoms with Crippen LogP contribution in [0.5, 0.6) is 0 Å². The molecule has 1 aromatic rings. The molecule has 5 nitrogen and oxygen atoms in total. The van der Waals surface area contributed by atoms with Gasteiger partial charge in [-0.1, -0.05) is 0 Å². The summed E-state index contributed by atoms with van der Waals surface area (Å²) in [5, 5.41) is 8.97.